The number of hydrogen-bond donors (Lipinski definition) is 0. The molecule has 2 atom stereocenters. The summed E-state index contributed by atoms with van der Waals surface area (Å²) in [4.78, 5) is 13.4. The third-order valence-corrected chi connectivity index (χ3v) is 6.56. The van der Waals surface area contributed by atoms with Crippen molar-refractivity contribution in [2.45, 2.75) is 13.8 Å². The van der Waals surface area contributed by atoms with Crippen molar-refractivity contribution in [3.05, 3.63) is 118 Å². The second kappa shape index (κ2) is 6.68. The number of fused-ring (bicyclic) bond motifs is 4. The number of benzene rings is 3. The average Bonchev–Trinajstić information content (AvgIpc) is 2.79. The van der Waals surface area contributed by atoms with Crippen molar-refractivity contribution in [2.24, 2.45) is 11.8 Å². The summed E-state index contributed by atoms with van der Waals surface area (Å²) in [6, 6.07) is 22.6. The van der Waals surface area contributed by atoms with Gasteiger partial charge >= 0.3 is 0 Å². The lowest BCUT2D eigenvalue weighted by Crippen LogP contribution is -2.31. The summed E-state index contributed by atoms with van der Waals surface area (Å²) in [5, 5.41) is 0. The van der Waals surface area contributed by atoms with E-state index in [1.165, 1.54) is 22.3 Å². The standard InChI is InChI=1S/C29H22O2/c1-17-11-13-21-23(15-17)27(19-7-3-4-8-20(19)29(21)30)28-22-9-5-6-10-25(22)31-26-14-12-18(2)16-24(26)28/h3-16,21,23H,1-2H3/b28-27+. The zero-order valence-corrected chi connectivity index (χ0v) is 17.6. The van der Waals surface area contributed by atoms with E-state index < -0.39 is 0 Å². The van der Waals surface area contributed by atoms with E-state index in [9.17, 15) is 4.79 Å². The summed E-state index contributed by atoms with van der Waals surface area (Å²) >= 11 is 0. The van der Waals surface area contributed by atoms with Gasteiger partial charge in [0.05, 0.1) is 5.92 Å². The molecule has 0 spiro atoms. The van der Waals surface area contributed by atoms with Gasteiger partial charge in [0.2, 0.25) is 0 Å². The predicted octanol–water partition coefficient (Wildman–Crippen LogP) is 7.00. The topological polar surface area (TPSA) is 26.3 Å². The van der Waals surface area contributed by atoms with Crippen LogP contribution in [0.4, 0.5) is 0 Å². The Bertz CT molecular complexity index is 1350. The number of carbonyl (C=O) groups is 1. The van der Waals surface area contributed by atoms with Crippen molar-refractivity contribution in [1.29, 1.82) is 0 Å². The van der Waals surface area contributed by atoms with Crippen molar-refractivity contribution in [2.75, 3.05) is 0 Å². The molecule has 1 heterocycles. The highest BCUT2D eigenvalue weighted by Crippen LogP contribution is 2.53. The minimum atomic E-state index is -0.177. The van der Waals surface area contributed by atoms with E-state index in [1.807, 2.05) is 30.3 Å². The van der Waals surface area contributed by atoms with Gasteiger partial charge in [0, 0.05) is 28.2 Å². The Balaban J connectivity index is 1.77. The van der Waals surface area contributed by atoms with Gasteiger partial charge in [0.15, 0.2) is 5.78 Å². The molecule has 0 fully saturated rings. The van der Waals surface area contributed by atoms with E-state index in [4.69, 9.17) is 4.74 Å². The van der Waals surface area contributed by atoms with Gasteiger partial charge in [0.1, 0.15) is 11.5 Å². The summed E-state index contributed by atoms with van der Waals surface area (Å²) in [6.45, 7) is 4.22. The first-order valence-corrected chi connectivity index (χ1v) is 10.7. The molecule has 3 aliphatic rings. The molecule has 2 heteroatoms. The minimum Gasteiger partial charge on any atom is -0.456 e. The zero-order chi connectivity index (χ0) is 21.1. The highest BCUT2D eigenvalue weighted by molar-refractivity contribution is 6.14. The van der Waals surface area contributed by atoms with Crippen molar-refractivity contribution >= 4 is 16.9 Å². The van der Waals surface area contributed by atoms with Crippen molar-refractivity contribution < 1.29 is 9.53 Å². The molecule has 3 aromatic carbocycles. The Kier molecular flexibility index (Phi) is 3.91. The van der Waals surface area contributed by atoms with E-state index >= 15 is 0 Å². The highest BCUT2D eigenvalue weighted by Gasteiger charge is 2.40. The number of Topliss-reactive ketones (excluding diaryl/α,β-unsaturated/α-hetero) is 1. The molecule has 1 aliphatic heterocycles. The van der Waals surface area contributed by atoms with Crippen molar-refractivity contribution in [3.8, 4) is 11.5 Å². The smallest absolute Gasteiger partial charge is 0.171 e. The largest absolute Gasteiger partial charge is 0.456 e. The fourth-order valence-corrected chi connectivity index (χ4v) is 5.17. The predicted molar refractivity (Wildman–Crippen MR) is 124 cm³/mol. The number of allylic oxidation sites excluding steroid dienone is 5. The summed E-state index contributed by atoms with van der Waals surface area (Å²) < 4.78 is 6.29. The molecule has 2 nitrogen and oxygen atoms in total. The van der Waals surface area contributed by atoms with Gasteiger partial charge in [-0.3, -0.25) is 4.79 Å². The van der Waals surface area contributed by atoms with Crippen LogP contribution in [-0.2, 0) is 0 Å². The first-order chi connectivity index (χ1) is 15.1. The second-order valence-electron chi connectivity index (χ2n) is 8.62. The maximum Gasteiger partial charge on any atom is 0.171 e. The Hall–Kier alpha value is -3.65. The lowest BCUT2D eigenvalue weighted by atomic mass is 9.66. The summed E-state index contributed by atoms with van der Waals surface area (Å²) in [6.07, 6.45) is 6.42. The molecule has 0 saturated heterocycles. The van der Waals surface area contributed by atoms with Crippen LogP contribution >= 0.6 is 0 Å². The normalized spacial score (nSPS) is 23.2. The maximum atomic E-state index is 13.4. The minimum absolute atomic E-state index is 0.00178. The Labute approximate surface area is 182 Å². The van der Waals surface area contributed by atoms with Crippen LogP contribution in [0.15, 0.2) is 90.5 Å². The first-order valence-electron chi connectivity index (χ1n) is 10.7. The molecule has 2 unspecified atom stereocenters. The third-order valence-electron chi connectivity index (χ3n) is 6.56. The molecule has 31 heavy (non-hydrogen) atoms. The van der Waals surface area contributed by atoms with Gasteiger partial charge in [-0.25, -0.2) is 0 Å². The number of ketones is 1. The molecular weight excluding hydrogens is 380 g/mol. The van der Waals surface area contributed by atoms with Crippen LogP contribution in [0.25, 0.3) is 11.1 Å². The van der Waals surface area contributed by atoms with Gasteiger partial charge in [-0.2, -0.15) is 0 Å². The first kappa shape index (κ1) is 18.1. The Morgan fingerprint density at radius 2 is 1.45 bits per heavy atom. The van der Waals surface area contributed by atoms with E-state index in [1.54, 1.807) is 0 Å². The monoisotopic (exact) mass is 402 g/mol. The van der Waals surface area contributed by atoms with Crippen molar-refractivity contribution in [3.63, 3.8) is 0 Å². The fraction of sp³-hybridized carbons (Fsp3) is 0.138. The van der Waals surface area contributed by atoms with Gasteiger partial charge in [0.25, 0.3) is 0 Å². The molecule has 0 aromatic heterocycles. The fourth-order valence-electron chi connectivity index (χ4n) is 5.17. The van der Waals surface area contributed by atoms with E-state index in [2.05, 4.69) is 68.5 Å². The van der Waals surface area contributed by atoms with Gasteiger partial charge in [-0.15, -0.1) is 0 Å². The zero-order valence-electron chi connectivity index (χ0n) is 17.6. The van der Waals surface area contributed by atoms with Crippen LogP contribution in [0.1, 0.15) is 39.5 Å². The molecular formula is C29H22O2. The molecule has 0 bridgehead atoms. The van der Waals surface area contributed by atoms with Crippen LogP contribution in [0, 0.1) is 18.8 Å². The molecule has 0 amide bonds. The van der Waals surface area contributed by atoms with E-state index in [0.29, 0.717) is 0 Å². The average molecular weight is 402 g/mol. The number of ether oxygens (including phenoxy) is 1. The Morgan fingerprint density at radius 1 is 0.742 bits per heavy atom. The number of hydrogen-bond acceptors (Lipinski definition) is 2. The van der Waals surface area contributed by atoms with E-state index in [-0.39, 0.29) is 17.6 Å². The van der Waals surface area contributed by atoms with Crippen LogP contribution in [0.5, 0.6) is 11.5 Å². The van der Waals surface area contributed by atoms with Crippen LogP contribution in [0.2, 0.25) is 0 Å². The van der Waals surface area contributed by atoms with Crippen LogP contribution in [-0.4, -0.2) is 5.78 Å². The van der Waals surface area contributed by atoms with Gasteiger partial charge in [-0.05, 0) is 43.2 Å². The maximum absolute atomic E-state index is 13.4. The SMILES string of the molecule is CC1=CC2/C(=C3\c4ccccc4Oc4ccc(C)cc43)c3ccccc3C(=O)C2C=C1. The highest BCUT2D eigenvalue weighted by atomic mass is 16.5. The van der Waals surface area contributed by atoms with E-state index in [0.717, 1.165) is 33.8 Å². The van der Waals surface area contributed by atoms with Crippen molar-refractivity contribution in [1.82, 2.24) is 0 Å². The molecule has 2 aliphatic carbocycles. The molecule has 0 N–H and O–H groups in total. The second-order valence-corrected chi connectivity index (χ2v) is 8.62. The summed E-state index contributed by atoms with van der Waals surface area (Å²) in [5.74, 6) is 1.75. The van der Waals surface area contributed by atoms with Crippen LogP contribution < -0.4 is 4.74 Å². The van der Waals surface area contributed by atoms with Gasteiger partial charge in [-0.1, -0.05) is 77.9 Å². The number of rotatable bonds is 0. The summed E-state index contributed by atoms with van der Waals surface area (Å²) in [7, 11) is 0. The molecule has 6 rings (SSSR count). The molecule has 150 valence electrons. The molecule has 3 aromatic rings. The quantitative estimate of drug-likeness (QED) is 0.316. The lowest BCUT2D eigenvalue weighted by Gasteiger charge is -2.36. The third kappa shape index (κ3) is 2.68. The number of carbonyl (C=O) groups excluding carboxylic acids is 1. The lowest BCUT2D eigenvalue weighted by molar-refractivity contribution is 0.0927. The van der Waals surface area contributed by atoms with Crippen LogP contribution in [0.3, 0.4) is 0 Å². The van der Waals surface area contributed by atoms with Gasteiger partial charge < -0.3 is 4.74 Å². The number of aryl methyl sites for hydroxylation is 1. The summed E-state index contributed by atoms with van der Waals surface area (Å²) in [5.41, 5.74) is 8.79. The molecule has 0 saturated carbocycles. The number of para-hydroxylation sites is 1. The molecule has 0 radical (unpaired) electrons. The Morgan fingerprint density at radius 3 is 2.29 bits per heavy atom.